The van der Waals surface area contributed by atoms with E-state index in [2.05, 4.69) is 15.0 Å². The molecule has 0 saturated carbocycles. The maximum atomic E-state index is 13.2. The zero-order valence-corrected chi connectivity index (χ0v) is 16.9. The van der Waals surface area contributed by atoms with Crippen molar-refractivity contribution in [3.63, 3.8) is 0 Å². The fourth-order valence-electron chi connectivity index (χ4n) is 4.62. The van der Waals surface area contributed by atoms with E-state index in [-0.39, 0.29) is 22.9 Å². The van der Waals surface area contributed by atoms with Gasteiger partial charge in [0.15, 0.2) is 0 Å². The molecule has 3 aromatic rings. The largest absolute Gasteiger partial charge is 0.472 e. The number of anilines is 1. The lowest BCUT2D eigenvalue weighted by atomic mass is 9.83. The van der Waals surface area contributed by atoms with E-state index in [4.69, 9.17) is 8.94 Å². The van der Waals surface area contributed by atoms with Gasteiger partial charge in [-0.2, -0.15) is 4.98 Å². The van der Waals surface area contributed by atoms with Gasteiger partial charge in [-0.25, -0.2) is 0 Å². The highest BCUT2D eigenvalue weighted by Gasteiger charge is 2.36. The summed E-state index contributed by atoms with van der Waals surface area (Å²) in [5.41, 5.74) is 1.84. The summed E-state index contributed by atoms with van der Waals surface area (Å²) in [6.45, 7) is 4.24. The first-order chi connectivity index (χ1) is 14.5. The van der Waals surface area contributed by atoms with Crippen LogP contribution in [0.5, 0.6) is 0 Å². The van der Waals surface area contributed by atoms with Gasteiger partial charge in [-0.3, -0.25) is 9.59 Å². The molecule has 9 nitrogen and oxygen atoms in total. The maximum absolute atomic E-state index is 13.2. The lowest BCUT2D eigenvalue weighted by Crippen LogP contribution is -2.48. The Balaban J connectivity index is 1.40. The van der Waals surface area contributed by atoms with Crippen LogP contribution < -0.4 is 10.5 Å². The third-order valence-electron chi connectivity index (χ3n) is 5.98. The van der Waals surface area contributed by atoms with Crippen LogP contribution in [-0.2, 0) is 13.1 Å². The monoisotopic (exact) mass is 409 g/mol. The molecule has 0 unspecified atom stereocenters. The van der Waals surface area contributed by atoms with Crippen molar-refractivity contribution in [2.24, 2.45) is 5.92 Å². The van der Waals surface area contributed by atoms with Crippen LogP contribution in [0.4, 0.5) is 5.95 Å². The fraction of sp³-hybridized carbons (Fsp3) is 0.429. The van der Waals surface area contributed by atoms with Gasteiger partial charge in [0.05, 0.1) is 12.5 Å². The van der Waals surface area contributed by atoms with Crippen LogP contribution in [-0.4, -0.2) is 45.7 Å². The molecule has 2 aliphatic rings. The van der Waals surface area contributed by atoms with Gasteiger partial charge in [0, 0.05) is 57.3 Å². The molecule has 30 heavy (non-hydrogen) atoms. The molecule has 0 spiro atoms. The molecule has 0 N–H and O–H groups in total. The van der Waals surface area contributed by atoms with Gasteiger partial charge >= 0.3 is 0 Å². The molecule has 1 amide bonds. The minimum Gasteiger partial charge on any atom is -0.472 e. The smallest absolute Gasteiger partial charge is 0.266 e. The van der Waals surface area contributed by atoms with E-state index in [1.54, 1.807) is 42.0 Å². The van der Waals surface area contributed by atoms with Crippen molar-refractivity contribution in [2.45, 2.75) is 32.4 Å². The van der Waals surface area contributed by atoms with Gasteiger partial charge in [0.2, 0.25) is 5.89 Å². The van der Waals surface area contributed by atoms with Gasteiger partial charge < -0.3 is 23.3 Å². The molecule has 0 radical (unpaired) electrons. The topological polar surface area (TPSA) is 97.6 Å². The first-order valence-electron chi connectivity index (χ1n) is 10.0. The van der Waals surface area contributed by atoms with E-state index >= 15 is 0 Å². The predicted molar refractivity (Wildman–Crippen MR) is 107 cm³/mol. The summed E-state index contributed by atoms with van der Waals surface area (Å²) < 4.78 is 12.0. The maximum Gasteiger partial charge on any atom is 0.266 e. The van der Waals surface area contributed by atoms with E-state index in [0.29, 0.717) is 30.8 Å². The molecule has 9 heteroatoms. The number of carbonyl (C=O) groups is 1. The second-order valence-corrected chi connectivity index (χ2v) is 8.20. The van der Waals surface area contributed by atoms with Gasteiger partial charge in [-0.05, 0) is 35.7 Å². The molecule has 2 aliphatic heterocycles. The van der Waals surface area contributed by atoms with Gasteiger partial charge in [-0.1, -0.05) is 0 Å². The lowest BCUT2D eigenvalue weighted by Gasteiger charge is -2.42. The SMILES string of the molecule is Cc1nc(N2C[C@@H]3C[C@H](C2)c2ccc(C(=O)N(C)Cc4ccoc4)c(=O)n2C3)no1. The van der Waals surface area contributed by atoms with E-state index in [1.165, 1.54) is 0 Å². The molecule has 3 aromatic heterocycles. The van der Waals surface area contributed by atoms with E-state index in [1.807, 2.05) is 12.1 Å². The summed E-state index contributed by atoms with van der Waals surface area (Å²) in [4.78, 5) is 34.1. The molecule has 1 saturated heterocycles. The third kappa shape index (κ3) is 3.20. The minimum atomic E-state index is -0.281. The third-order valence-corrected chi connectivity index (χ3v) is 5.98. The highest BCUT2D eigenvalue weighted by Crippen LogP contribution is 2.36. The van der Waals surface area contributed by atoms with Crippen LogP contribution in [0.3, 0.4) is 0 Å². The van der Waals surface area contributed by atoms with Crippen LogP contribution in [0.25, 0.3) is 0 Å². The Bertz CT molecular complexity index is 1130. The molecule has 1 fully saturated rings. The summed E-state index contributed by atoms with van der Waals surface area (Å²) in [5.74, 6) is 1.35. The highest BCUT2D eigenvalue weighted by molar-refractivity contribution is 5.93. The number of hydrogen-bond donors (Lipinski definition) is 0. The second-order valence-electron chi connectivity index (χ2n) is 8.20. The first kappa shape index (κ1) is 18.7. The normalized spacial score (nSPS) is 20.1. The zero-order chi connectivity index (χ0) is 20.8. The van der Waals surface area contributed by atoms with Gasteiger partial charge in [0.25, 0.3) is 17.4 Å². The summed E-state index contributed by atoms with van der Waals surface area (Å²) in [7, 11) is 1.69. The van der Waals surface area contributed by atoms with Crippen molar-refractivity contribution in [1.82, 2.24) is 19.6 Å². The van der Waals surface area contributed by atoms with Crippen molar-refractivity contribution in [3.8, 4) is 0 Å². The average Bonchev–Trinajstić information content (AvgIpc) is 3.40. The summed E-state index contributed by atoms with van der Waals surface area (Å²) in [6, 6.07) is 5.40. The number of fused-ring (bicyclic) bond motifs is 4. The van der Waals surface area contributed by atoms with Crippen molar-refractivity contribution < 1.29 is 13.7 Å². The first-order valence-corrected chi connectivity index (χ1v) is 10.0. The van der Waals surface area contributed by atoms with E-state index in [9.17, 15) is 9.59 Å². The number of amides is 1. The average molecular weight is 409 g/mol. The number of rotatable bonds is 4. The summed E-state index contributed by atoms with van der Waals surface area (Å²) >= 11 is 0. The number of hydrogen-bond acceptors (Lipinski definition) is 7. The molecular formula is C21H23N5O4. The Kier molecular flexibility index (Phi) is 4.45. The molecule has 5 rings (SSSR count). The van der Waals surface area contributed by atoms with Crippen molar-refractivity contribution in [1.29, 1.82) is 0 Å². The van der Waals surface area contributed by atoms with E-state index < -0.39 is 0 Å². The fourth-order valence-corrected chi connectivity index (χ4v) is 4.62. The predicted octanol–water partition coefficient (Wildman–Crippen LogP) is 2.03. The van der Waals surface area contributed by atoms with Crippen LogP contribution >= 0.6 is 0 Å². The Morgan fingerprint density at radius 2 is 2.13 bits per heavy atom. The van der Waals surface area contributed by atoms with E-state index in [0.717, 1.165) is 30.8 Å². The van der Waals surface area contributed by atoms with Crippen molar-refractivity contribution in [2.75, 3.05) is 25.0 Å². The Hall–Kier alpha value is -3.36. The Morgan fingerprint density at radius 3 is 2.87 bits per heavy atom. The molecule has 2 bridgehead atoms. The van der Waals surface area contributed by atoms with Gasteiger partial charge in [-0.15, -0.1) is 0 Å². The Labute approximate surface area is 172 Å². The standard InChI is InChI=1S/C21H23N5O4/c1-13-22-21(23-30-13)25-9-15-7-16(11-25)18-4-3-17(20(28)26(18)10-15)19(27)24(2)8-14-5-6-29-12-14/h3-6,12,15-16H,7-11H2,1-2H3/t15-,16+/m0/s1. The quantitative estimate of drug-likeness (QED) is 0.650. The van der Waals surface area contributed by atoms with Crippen LogP contribution in [0.2, 0.25) is 0 Å². The molecular weight excluding hydrogens is 386 g/mol. The van der Waals surface area contributed by atoms with Crippen molar-refractivity contribution >= 4 is 11.9 Å². The number of nitrogens with zero attached hydrogens (tertiary/aromatic N) is 5. The van der Waals surface area contributed by atoms with Crippen LogP contribution in [0.15, 0.2) is 44.5 Å². The zero-order valence-electron chi connectivity index (χ0n) is 16.9. The highest BCUT2D eigenvalue weighted by atomic mass is 16.5. The van der Waals surface area contributed by atoms with Crippen molar-refractivity contribution in [3.05, 3.63) is 63.8 Å². The molecule has 2 atom stereocenters. The Morgan fingerprint density at radius 1 is 1.27 bits per heavy atom. The van der Waals surface area contributed by atoms with Crippen LogP contribution in [0.1, 0.15) is 39.8 Å². The second kappa shape index (κ2) is 7.16. The number of furan rings is 1. The molecule has 5 heterocycles. The molecule has 0 aromatic carbocycles. The van der Waals surface area contributed by atoms with Gasteiger partial charge in [0.1, 0.15) is 5.56 Å². The molecule has 0 aliphatic carbocycles. The number of carbonyl (C=O) groups excluding carboxylic acids is 1. The number of pyridine rings is 1. The van der Waals surface area contributed by atoms with Crippen LogP contribution in [0, 0.1) is 12.8 Å². The molecule has 156 valence electrons. The lowest BCUT2D eigenvalue weighted by molar-refractivity contribution is 0.0781. The summed E-state index contributed by atoms with van der Waals surface area (Å²) in [5, 5.41) is 4.04. The minimum absolute atomic E-state index is 0.191. The number of aromatic nitrogens is 3. The number of piperidine rings is 1. The number of aryl methyl sites for hydroxylation is 1. The summed E-state index contributed by atoms with van der Waals surface area (Å²) in [6.07, 6.45) is 4.18.